The molecule has 0 aromatic carbocycles. The van der Waals surface area contributed by atoms with Gasteiger partial charge in [-0.05, 0) is 27.7 Å². The van der Waals surface area contributed by atoms with Crippen LogP contribution in [0.3, 0.4) is 0 Å². The van der Waals surface area contributed by atoms with Gasteiger partial charge in [-0.2, -0.15) is 0 Å². The van der Waals surface area contributed by atoms with E-state index in [1.165, 1.54) is 0 Å². The summed E-state index contributed by atoms with van der Waals surface area (Å²) in [6, 6.07) is 0.561. The molecule has 0 aliphatic heterocycles. The van der Waals surface area contributed by atoms with Gasteiger partial charge in [-0.1, -0.05) is 0 Å². The number of carboxylic acid groups (broad SMARTS) is 1. The molecule has 0 fully saturated rings. The minimum absolute atomic E-state index is 0.112. The van der Waals surface area contributed by atoms with Crippen molar-refractivity contribution in [1.82, 2.24) is 4.90 Å². The number of rotatable bonds is 7. The van der Waals surface area contributed by atoms with Gasteiger partial charge in [-0.25, -0.2) is 0 Å². The molecular formula is C11H23NO3. The van der Waals surface area contributed by atoms with Gasteiger partial charge >= 0.3 is 5.97 Å². The van der Waals surface area contributed by atoms with E-state index in [0.29, 0.717) is 12.6 Å². The first-order valence-electron chi connectivity index (χ1n) is 5.40. The van der Waals surface area contributed by atoms with Gasteiger partial charge in [-0.3, -0.25) is 9.69 Å². The summed E-state index contributed by atoms with van der Waals surface area (Å²) < 4.78 is 5.26. The Labute approximate surface area is 92.2 Å². The van der Waals surface area contributed by atoms with Crippen molar-refractivity contribution in [2.45, 2.75) is 52.3 Å². The van der Waals surface area contributed by atoms with Crippen molar-refractivity contribution in [2.24, 2.45) is 0 Å². The fourth-order valence-electron chi connectivity index (χ4n) is 1.62. The number of nitrogens with zero attached hydrogens (tertiary/aromatic N) is 1. The van der Waals surface area contributed by atoms with E-state index in [1.807, 2.05) is 6.92 Å². The molecule has 0 saturated carbocycles. The molecule has 0 aliphatic carbocycles. The third-order valence-corrected chi connectivity index (χ3v) is 2.82. The highest BCUT2D eigenvalue weighted by Crippen LogP contribution is 2.11. The Bertz CT molecular complexity index is 194. The largest absolute Gasteiger partial charge is 0.481 e. The molecule has 90 valence electrons. The van der Waals surface area contributed by atoms with Gasteiger partial charge in [-0.15, -0.1) is 0 Å². The van der Waals surface area contributed by atoms with E-state index in [4.69, 9.17) is 9.84 Å². The predicted octanol–water partition coefficient (Wildman–Crippen LogP) is 1.59. The van der Waals surface area contributed by atoms with Crippen LogP contribution in [0.5, 0.6) is 0 Å². The monoisotopic (exact) mass is 217 g/mol. The van der Waals surface area contributed by atoms with Gasteiger partial charge in [0.25, 0.3) is 0 Å². The highest BCUT2D eigenvalue weighted by Gasteiger charge is 2.22. The second-order valence-electron chi connectivity index (χ2n) is 4.16. The van der Waals surface area contributed by atoms with Crippen LogP contribution in [-0.4, -0.2) is 47.8 Å². The average Bonchev–Trinajstić information content (AvgIpc) is 2.15. The summed E-state index contributed by atoms with van der Waals surface area (Å²) in [6.07, 6.45) is 0.292. The van der Waals surface area contributed by atoms with Crippen molar-refractivity contribution in [3.63, 3.8) is 0 Å². The van der Waals surface area contributed by atoms with E-state index in [9.17, 15) is 4.79 Å². The molecule has 0 radical (unpaired) electrons. The Kier molecular flexibility index (Phi) is 6.52. The number of carboxylic acids is 1. The Morgan fingerprint density at radius 2 is 1.87 bits per heavy atom. The number of methoxy groups -OCH3 is 1. The first-order valence-corrected chi connectivity index (χ1v) is 5.40. The van der Waals surface area contributed by atoms with Gasteiger partial charge in [0.1, 0.15) is 0 Å². The van der Waals surface area contributed by atoms with Crippen LogP contribution in [0.15, 0.2) is 0 Å². The smallest absolute Gasteiger partial charge is 0.304 e. The second kappa shape index (κ2) is 6.80. The summed E-state index contributed by atoms with van der Waals surface area (Å²) in [5, 5.41) is 8.66. The fraction of sp³-hybridized carbons (Fsp3) is 0.909. The highest BCUT2D eigenvalue weighted by molar-refractivity contribution is 5.66. The van der Waals surface area contributed by atoms with Crippen molar-refractivity contribution in [2.75, 3.05) is 13.7 Å². The number of ether oxygens (including phenoxy) is 1. The zero-order valence-electron chi connectivity index (χ0n) is 10.4. The second-order valence-corrected chi connectivity index (χ2v) is 4.16. The molecule has 1 N–H and O–H groups in total. The lowest BCUT2D eigenvalue weighted by Gasteiger charge is -2.35. The van der Waals surface area contributed by atoms with E-state index < -0.39 is 5.97 Å². The van der Waals surface area contributed by atoms with Crippen LogP contribution in [0, 0.1) is 0 Å². The van der Waals surface area contributed by atoms with Crippen LogP contribution in [0.25, 0.3) is 0 Å². The SMILES string of the molecule is COC(C)C(C)N(CCC(=O)O)C(C)C. The number of aliphatic carboxylic acids is 1. The molecule has 0 aromatic rings. The normalized spacial score (nSPS) is 15.7. The van der Waals surface area contributed by atoms with Crippen molar-refractivity contribution in [1.29, 1.82) is 0 Å². The van der Waals surface area contributed by atoms with Crippen LogP contribution < -0.4 is 0 Å². The Hall–Kier alpha value is -0.610. The Morgan fingerprint density at radius 1 is 1.33 bits per heavy atom. The molecule has 0 bridgehead atoms. The van der Waals surface area contributed by atoms with Crippen molar-refractivity contribution < 1.29 is 14.6 Å². The summed E-state index contributed by atoms with van der Waals surface area (Å²) in [6.45, 7) is 8.78. The fourth-order valence-corrected chi connectivity index (χ4v) is 1.62. The van der Waals surface area contributed by atoms with Crippen LogP contribution >= 0.6 is 0 Å². The molecule has 0 amide bonds. The molecule has 0 aliphatic rings. The van der Waals surface area contributed by atoms with Crippen LogP contribution in [-0.2, 0) is 9.53 Å². The zero-order valence-corrected chi connectivity index (χ0v) is 10.4. The van der Waals surface area contributed by atoms with Crippen LogP contribution in [0.4, 0.5) is 0 Å². The van der Waals surface area contributed by atoms with E-state index in [-0.39, 0.29) is 18.6 Å². The molecule has 2 atom stereocenters. The quantitative estimate of drug-likeness (QED) is 0.703. The Balaban J connectivity index is 4.31. The first kappa shape index (κ1) is 14.4. The molecule has 15 heavy (non-hydrogen) atoms. The van der Waals surface area contributed by atoms with Crippen molar-refractivity contribution in [3.8, 4) is 0 Å². The summed E-state index contributed by atoms with van der Waals surface area (Å²) in [7, 11) is 1.68. The van der Waals surface area contributed by atoms with Crippen LogP contribution in [0.2, 0.25) is 0 Å². The molecule has 0 rings (SSSR count). The lowest BCUT2D eigenvalue weighted by atomic mass is 10.1. The number of hydrogen-bond donors (Lipinski definition) is 1. The third kappa shape index (κ3) is 5.14. The molecule has 4 nitrogen and oxygen atoms in total. The lowest BCUT2D eigenvalue weighted by Crippen LogP contribution is -2.46. The first-order chi connectivity index (χ1) is 6.90. The maximum atomic E-state index is 10.5. The molecular weight excluding hydrogens is 194 g/mol. The number of carbonyl (C=O) groups is 1. The summed E-state index contributed by atoms with van der Waals surface area (Å²) >= 11 is 0. The molecule has 0 aromatic heterocycles. The Morgan fingerprint density at radius 3 is 2.20 bits per heavy atom. The van der Waals surface area contributed by atoms with Crippen molar-refractivity contribution >= 4 is 5.97 Å². The average molecular weight is 217 g/mol. The molecule has 0 heterocycles. The minimum Gasteiger partial charge on any atom is -0.481 e. The predicted molar refractivity (Wildman–Crippen MR) is 60.0 cm³/mol. The molecule has 0 spiro atoms. The minimum atomic E-state index is -0.752. The van der Waals surface area contributed by atoms with E-state index in [0.717, 1.165) is 0 Å². The van der Waals surface area contributed by atoms with E-state index in [1.54, 1.807) is 7.11 Å². The van der Waals surface area contributed by atoms with Gasteiger partial charge in [0.15, 0.2) is 0 Å². The van der Waals surface area contributed by atoms with Crippen LogP contribution in [0.1, 0.15) is 34.1 Å². The van der Waals surface area contributed by atoms with E-state index >= 15 is 0 Å². The maximum Gasteiger partial charge on any atom is 0.304 e. The van der Waals surface area contributed by atoms with Crippen molar-refractivity contribution in [3.05, 3.63) is 0 Å². The van der Waals surface area contributed by atoms with Gasteiger partial charge in [0.2, 0.25) is 0 Å². The summed E-state index contributed by atoms with van der Waals surface area (Å²) in [4.78, 5) is 12.7. The van der Waals surface area contributed by atoms with E-state index in [2.05, 4.69) is 25.7 Å². The maximum absolute atomic E-state index is 10.5. The molecule has 0 saturated heterocycles. The van der Waals surface area contributed by atoms with Gasteiger partial charge < -0.3 is 9.84 Å². The van der Waals surface area contributed by atoms with Gasteiger partial charge in [0.05, 0.1) is 12.5 Å². The molecule has 4 heteroatoms. The lowest BCUT2D eigenvalue weighted by molar-refractivity contribution is -0.137. The zero-order chi connectivity index (χ0) is 12.0. The number of hydrogen-bond acceptors (Lipinski definition) is 3. The summed E-state index contributed by atoms with van der Waals surface area (Å²) in [5.41, 5.74) is 0. The topological polar surface area (TPSA) is 49.8 Å². The summed E-state index contributed by atoms with van der Waals surface area (Å²) in [5.74, 6) is -0.752. The highest BCUT2D eigenvalue weighted by atomic mass is 16.5. The standard InChI is InChI=1S/C11H23NO3/c1-8(2)12(7-6-11(13)14)9(3)10(4)15-5/h8-10H,6-7H2,1-5H3,(H,13,14). The van der Waals surface area contributed by atoms with Gasteiger partial charge in [0, 0.05) is 25.7 Å². The third-order valence-electron chi connectivity index (χ3n) is 2.82. The molecule has 2 unspecified atom stereocenters.